The van der Waals surface area contributed by atoms with Gasteiger partial charge in [0.15, 0.2) is 0 Å². The van der Waals surface area contributed by atoms with Crippen molar-refractivity contribution in [1.82, 2.24) is 19.5 Å². The second-order valence-corrected chi connectivity index (χ2v) is 18.9. The van der Waals surface area contributed by atoms with Crippen LogP contribution in [0.15, 0.2) is 134 Å². The number of fused-ring (bicyclic) bond motifs is 5. The molecule has 4 heterocycles. The van der Waals surface area contributed by atoms with Gasteiger partial charge in [0.25, 0.3) is 0 Å². The minimum absolute atomic E-state index is 0.0968. The summed E-state index contributed by atoms with van der Waals surface area (Å²) in [6, 6.07) is 45.8. The highest BCUT2D eigenvalue weighted by Crippen LogP contribution is 2.40. The van der Waals surface area contributed by atoms with E-state index >= 15 is 0 Å². The molecule has 10 rings (SSSR count). The van der Waals surface area contributed by atoms with Gasteiger partial charge in [0, 0.05) is 26.9 Å². The summed E-state index contributed by atoms with van der Waals surface area (Å²) in [4.78, 5) is 14.9. The second kappa shape index (κ2) is 14.4. The first kappa shape index (κ1) is 37.2. The van der Waals surface area contributed by atoms with Crippen LogP contribution in [0.1, 0.15) is 77.0 Å². The molecule has 0 amide bonds. The Morgan fingerprint density at radius 1 is 0.695 bits per heavy atom. The Bertz CT molecular complexity index is 3050. The fourth-order valence-corrected chi connectivity index (χ4v) is 10.5. The zero-order valence-corrected chi connectivity index (χ0v) is 35.6. The number of ether oxygens (including phenoxy) is 1. The first-order valence-electron chi connectivity index (χ1n) is 20.8. The van der Waals surface area contributed by atoms with Crippen molar-refractivity contribution in [3.8, 4) is 39.8 Å². The SMILES string of the molecule is CC(C)c1cccc(C(C)C)c1B1c2ccccc2-n2c(-c3cccc(Oc4cccc(-c5ncnc6c5sc5cc(CC(C)(C)C)ccc56)c4)c3)nc3cccc1c32. The average Bonchev–Trinajstić information content (AvgIpc) is 3.80. The minimum atomic E-state index is 0.0968. The molecule has 0 N–H and O–H groups in total. The molecule has 59 heavy (non-hydrogen) atoms. The van der Waals surface area contributed by atoms with Crippen LogP contribution in [0.25, 0.3) is 59.7 Å². The lowest BCUT2D eigenvalue weighted by Gasteiger charge is -2.31. The molecule has 1 aliphatic rings. The molecule has 0 atom stereocenters. The van der Waals surface area contributed by atoms with Crippen molar-refractivity contribution >= 4 is 65.8 Å². The van der Waals surface area contributed by atoms with Crippen LogP contribution in [0.5, 0.6) is 11.5 Å². The predicted octanol–water partition coefficient (Wildman–Crippen LogP) is 12.0. The summed E-state index contributed by atoms with van der Waals surface area (Å²) in [6.07, 6.45) is 2.71. The molecular formula is C52H47BN4OS. The topological polar surface area (TPSA) is 52.8 Å². The largest absolute Gasteiger partial charge is 0.457 e. The van der Waals surface area contributed by atoms with Crippen LogP contribution >= 0.6 is 11.3 Å². The summed E-state index contributed by atoms with van der Waals surface area (Å²) in [5, 5.41) is 1.17. The fourth-order valence-electron chi connectivity index (χ4n) is 9.26. The van der Waals surface area contributed by atoms with Crippen LogP contribution in [0.3, 0.4) is 0 Å². The molecule has 0 fully saturated rings. The number of imidazole rings is 1. The van der Waals surface area contributed by atoms with E-state index in [1.54, 1.807) is 17.7 Å². The first-order chi connectivity index (χ1) is 28.5. The standard InChI is InChI=1S/C52H47BN4OS/c1-31(2)38-18-12-19-39(32(3)4)46(38)53-41-20-8-9-23-44(41)57-49-42(53)21-13-22-43(49)56-51(57)35-15-11-17-37(28-35)58-36-16-10-14-34(27-36)47-50-48(55-30-54-47)40-25-24-33(26-45(40)59-50)29-52(5,6)7/h8-28,30-32H,29H2,1-7H3. The molecule has 0 bridgehead atoms. The minimum Gasteiger partial charge on any atom is -0.457 e. The van der Waals surface area contributed by atoms with Crippen molar-refractivity contribution in [2.24, 2.45) is 5.41 Å². The maximum atomic E-state index is 6.66. The maximum Gasteiger partial charge on any atom is 0.247 e. The van der Waals surface area contributed by atoms with Gasteiger partial charge in [0.1, 0.15) is 23.7 Å². The number of hydrogen-bond donors (Lipinski definition) is 0. The monoisotopic (exact) mass is 786 g/mol. The Morgan fingerprint density at radius 3 is 2.12 bits per heavy atom. The van der Waals surface area contributed by atoms with E-state index in [0.29, 0.717) is 11.8 Å². The lowest BCUT2D eigenvalue weighted by Crippen LogP contribution is -2.58. The predicted molar refractivity (Wildman–Crippen MR) is 249 cm³/mol. The molecule has 7 heteroatoms. The van der Waals surface area contributed by atoms with E-state index in [2.05, 4.69) is 162 Å². The van der Waals surface area contributed by atoms with E-state index in [4.69, 9.17) is 19.7 Å². The molecule has 3 aromatic heterocycles. The first-order valence-corrected chi connectivity index (χ1v) is 21.6. The molecule has 9 aromatic rings. The summed E-state index contributed by atoms with van der Waals surface area (Å²) in [5.41, 5.74) is 15.6. The molecule has 0 spiro atoms. The Morgan fingerprint density at radius 2 is 1.37 bits per heavy atom. The van der Waals surface area contributed by atoms with Crippen LogP contribution < -0.4 is 21.1 Å². The van der Waals surface area contributed by atoms with Gasteiger partial charge >= 0.3 is 0 Å². The third kappa shape index (κ3) is 6.53. The smallest absolute Gasteiger partial charge is 0.247 e. The number of rotatable bonds is 8. The summed E-state index contributed by atoms with van der Waals surface area (Å²) in [7, 11) is 0. The van der Waals surface area contributed by atoms with Gasteiger partial charge in [0.05, 0.1) is 26.9 Å². The highest BCUT2D eigenvalue weighted by atomic mass is 32.1. The van der Waals surface area contributed by atoms with Gasteiger partial charge in [-0.05, 0) is 93.8 Å². The van der Waals surface area contributed by atoms with Crippen molar-refractivity contribution in [2.75, 3.05) is 0 Å². The van der Waals surface area contributed by atoms with Gasteiger partial charge in [-0.3, -0.25) is 4.57 Å². The lowest BCUT2D eigenvalue weighted by atomic mass is 9.33. The van der Waals surface area contributed by atoms with Gasteiger partial charge < -0.3 is 4.74 Å². The van der Waals surface area contributed by atoms with Crippen LogP contribution in [0.2, 0.25) is 0 Å². The van der Waals surface area contributed by atoms with Crippen LogP contribution in [-0.2, 0) is 6.42 Å². The maximum absolute atomic E-state index is 6.66. The highest BCUT2D eigenvalue weighted by Gasteiger charge is 2.37. The van der Waals surface area contributed by atoms with Crippen molar-refractivity contribution in [3.63, 3.8) is 0 Å². The summed E-state index contributed by atoms with van der Waals surface area (Å²) in [6.45, 7) is 16.2. The molecule has 0 unspecified atom stereocenters. The Kier molecular flexibility index (Phi) is 9.06. The summed E-state index contributed by atoms with van der Waals surface area (Å²) < 4.78 is 11.4. The van der Waals surface area contributed by atoms with Crippen molar-refractivity contribution in [3.05, 3.63) is 150 Å². The number of para-hydroxylation sites is 2. The summed E-state index contributed by atoms with van der Waals surface area (Å²) >= 11 is 1.77. The number of nitrogens with zero attached hydrogens (tertiary/aromatic N) is 4. The lowest BCUT2D eigenvalue weighted by molar-refractivity contribution is 0.411. The number of hydrogen-bond acceptors (Lipinski definition) is 5. The van der Waals surface area contributed by atoms with E-state index in [9.17, 15) is 0 Å². The second-order valence-electron chi connectivity index (χ2n) is 17.9. The molecule has 5 nitrogen and oxygen atoms in total. The third-order valence-corrected chi connectivity index (χ3v) is 12.8. The third-order valence-electron chi connectivity index (χ3n) is 11.7. The zero-order valence-electron chi connectivity index (χ0n) is 34.7. The highest BCUT2D eigenvalue weighted by molar-refractivity contribution is 7.26. The molecule has 290 valence electrons. The number of benzene rings is 6. The van der Waals surface area contributed by atoms with E-state index in [0.717, 1.165) is 56.3 Å². The Hall–Kier alpha value is -6.05. The number of thiophene rings is 1. The Balaban J connectivity index is 1.03. The van der Waals surface area contributed by atoms with Crippen molar-refractivity contribution < 1.29 is 4.74 Å². The quantitative estimate of drug-likeness (QED) is 0.144. The number of aromatic nitrogens is 4. The van der Waals surface area contributed by atoms with E-state index < -0.39 is 0 Å². The summed E-state index contributed by atoms with van der Waals surface area (Å²) in [5.74, 6) is 3.18. The van der Waals surface area contributed by atoms with E-state index in [1.807, 2.05) is 18.2 Å². The van der Waals surface area contributed by atoms with Crippen LogP contribution in [0, 0.1) is 5.41 Å². The molecule has 0 aliphatic carbocycles. The van der Waals surface area contributed by atoms with Gasteiger partial charge in [-0.2, -0.15) is 0 Å². The van der Waals surface area contributed by atoms with Gasteiger partial charge in [-0.1, -0.05) is 139 Å². The van der Waals surface area contributed by atoms with Gasteiger partial charge in [-0.15, -0.1) is 11.3 Å². The van der Waals surface area contributed by atoms with Crippen LogP contribution in [0.4, 0.5) is 0 Å². The van der Waals surface area contributed by atoms with Gasteiger partial charge in [-0.25, -0.2) is 15.0 Å². The van der Waals surface area contributed by atoms with Gasteiger partial charge in [0.2, 0.25) is 6.71 Å². The molecule has 1 aliphatic heterocycles. The molecule has 0 saturated heterocycles. The molecule has 6 aromatic carbocycles. The van der Waals surface area contributed by atoms with Crippen molar-refractivity contribution in [1.29, 1.82) is 0 Å². The molecule has 0 saturated carbocycles. The molecule has 0 radical (unpaired) electrons. The van der Waals surface area contributed by atoms with E-state index in [-0.39, 0.29) is 12.1 Å². The Labute approximate surface area is 350 Å². The normalized spacial score (nSPS) is 12.7. The van der Waals surface area contributed by atoms with Crippen LogP contribution in [-0.4, -0.2) is 26.2 Å². The van der Waals surface area contributed by atoms with E-state index in [1.165, 1.54) is 54.4 Å². The fraction of sp³-hybridized carbons (Fsp3) is 0.212. The van der Waals surface area contributed by atoms with Crippen molar-refractivity contribution in [2.45, 2.75) is 66.7 Å². The molecular weight excluding hydrogens is 739 g/mol. The zero-order chi connectivity index (χ0) is 40.6. The average molecular weight is 787 g/mol.